The fraction of sp³-hybridized carbons (Fsp3) is 0.158. The van der Waals surface area contributed by atoms with Crippen LogP contribution in [0.15, 0.2) is 140 Å². The summed E-state index contributed by atoms with van der Waals surface area (Å²) < 4.78 is 2.13. The first kappa shape index (κ1) is 28.9. The van der Waals surface area contributed by atoms with Gasteiger partial charge < -0.3 is 20.3 Å². The quantitative estimate of drug-likeness (QED) is 0.163. The fourth-order valence-electron chi connectivity index (χ4n) is 6.22. The van der Waals surface area contributed by atoms with Gasteiger partial charge in [0.1, 0.15) is 11.1 Å². The molecular weight excluding hydrogens is 544 g/mol. The van der Waals surface area contributed by atoms with E-state index >= 15 is 0 Å². The Morgan fingerprint density at radius 1 is 0.727 bits per heavy atom. The Bertz CT molecular complexity index is 1790. The van der Waals surface area contributed by atoms with Crippen LogP contribution in [0, 0.1) is 5.92 Å². The molecule has 6 aromatic rings. The predicted octanol–water partition coefficient (Wildman–Crippen LogP) is 7.52. The summed E-state index contributed by atoms with van der Waals surface area (Å²) in [6, 6.07) is 42.7. The summed E-state index contributed by atoms with van der Waals surface area (Å²) in [6.07, 6.45) is 3.83. The lowest BCUT2D eigenvalue weighted by Gasteiger charge is -2.37. The topological polar surface area (TPSA) is 79.2 Å². The van der Waals surface area contributed by atoms with Crippen molar-refractivity contribution < 1.29 is 9.90 Å². The van der Waals surface area contributed by atoms with Crippen LogP contribution < -0.4 is 10.6 Å². The number of hydrogen-bond acceptors (Lipinski definition) is 3. The number of aromatic nitrogens is 2. The second kappa shape index (κ2) is 11.8. The molecule has 0 aliphatic rings. The molecule has 1 atom stereocenters. The zero-order valence-corrected chi connectivity index (χ0v) is 25.1. The van der Waals surface area contributed by atoms with Gasteiger partial charge in [0.25, 0.3) is 0 Å². The number of carbonyl (C=O) groups is 1. The van der Waals surface area contributed by atoms with E-state index in [1.165, 1.54) is 0 Å². The molecular formula is C38H36N4O2. The van der Waals surface area contributed by atoms with E-state index in [9.17, 15) is 9.90 Å². The highest BCUT2D eigenvalue weighted by Gasteiger charge is 2.42. The monoisotopic (exact) mass is 580 g/mol. The van der Waals surface area contributed by atoms with Gasteiger partial charge in [-0.3, -0.25) is 0 Å². The van der Waals surface area contributed by atoms with E-state index < -0.39 is 11.1 Å². The lowest BCUT2D eigenvalue weighted by molar-refractivity contribution is 0.0279. The number of urea groups is 1. The zero-order chi connectivity index (χ0) is 30.7. The summed E-state index contributed by atoms with van der Waals surface area (Å²) in [5.74, 6) is -0.183. The SMILES string of the molecule is CNC(=O)Nc1ccc2cc(C(O)(c3cn(C(c4ccccc4)(c4ccccc4)c4ccccc4)cn3)C(C)C)ccc2c1. The summed E-state index contributed by atoms with van der Waals surface area (Å²) in [7, 11) is 1.58. The molecule has 0 aliphatic heterocycles. The van der Waals surface area contributed by atoms with Gasteiger partial charge in [-0.2, -0.15) is 0 Å². The van der Waals surface area contributed by atoms with Crippen molar-refractivity contribution in [3.05, 3.63) is 168 Å². The molecule has 0 spiro atoms. The highest BCUT2D eigenvalue weighted by molar-refractivity contribution is 5.93. The number of aliphatic hydroxyl groups is 1. The molecule has 44 heavy (non-hydrogen) atoms. The molecule has 0 saturated heterocycles. The van der Waals surface area contributed by atoms with Crippen LogP contribution in [0.25, 0.3) is 10.8 Å². The Morgan fingerprint density at radius 3 is 1.77 bits per heavy atom. The molecule has 0 aliphatic carbocycles. The standard InChI is InChI=1S/C38H36N4O2/c1-27(2)38(44,33-21-19-29-24-34(41-36(43)39-3)22-20-28(29)23-33)35-25-42(26-40-35)37(30-13-7-4-8-14-30,31-15-9-5-10-16-31)32-17-11-6-12-18-32/h4-27,44H,1-3H3,(H2,39,41,43). The molecule has 6 rings (SSSR count). The van der Waals surface area contributed by atoms with Gasteiger partial charge in [0.05, 0.1) is 12.0 Å². The molecule has 6 heteroatoms. The molecule has 5 aromatic carbocycles. The number of fused-ring (bicyclic) bond motifs is 1. The third-order valence-corrected chi connectivity index (χ3v) is 8.54. The number of anilines is 1. The number of imidazole rings is 1. The van der Waals surface area contributed by atoms with E-state index in [2.05, 4.69) is 88.0 Å². The maximum atomic E-state index is 12.5. The van der Waals surface area contributed by atoms with Crippen LogP contribution in [-0.4, -0.2) is 27.7 Å². The highest BCUT2D eigenvalue weighted by atomic mass is 16.3. The van der Waals surface area contributed by atoms with Crippen LogP contribution in [0.4, 0.5) is 10.5 Å². The summed E-state index contributed by atoms with van der Waals surface area (Å²) in [4.78, 5) is 16.7. The minimum Gasteiger partial charge on any atom is -0.378 e. The van der Waals surface area contributed by atoms with Crippen LogP contribution in [-0.2, 0) is 11.1 Å². The number of nitrogens with zero attached hydrogens (tertiary/aromatic N) is 2. The molecule has 6 nitrogen and oxygen atoms in total. The van der Waals surface area contributed by atoms with Crippen LogP contribution in [0.5, 0.6) is 0 Å². The molecule has 0 saturated carbocycles. The van der Waals surface area contributed by atoms with E-state index in [1.54, 1.807) is 7.05 Å². The first-order valence-corrected chi connectivity index (χ1v) is 14.8. The second-order valence-electron chi connectivity index (χ2n) is 11.4. The molecule has 0 fully saturated rings. The van der Waals surface area contributed by atoms with Crippen LogP contribution in [0.3, 0.4) is 0 Å². The average Bonchev–Trinajstić information content (AvgIpc) is 3.57. The van der Waals surface area contributed by atoms with Gasteiger partial charge in [0.15, 0.2) is 0 Å². The van der Waals surface area contributed by atoms with Gasteiger partial charge in [-0.25, -0.2) is 9.78 Å². The minimum absolute atomic E-state index is 0.183. The van der Waals surface area contributed by atoms with E-state index in [4.69, 9.17) is 4.98 Å². The van der Waals surface area contributed by atoms with E-state index in [0.29, 0.717) is 11.4 Å². The van der Waals surface area contributed by atoms with E-state index in [-0.39, 0.29) is 11.9 Å². The smallest absolute Gasteiger partial charge is 0.318 e. The third-order valence-electron chi connectivity index (χ3n) is 8.54. The van der Waals surface area contributed by atoms with Crippen molar-refractivity contribution in [3.63, 3.8) is 0 Å². The highest BCUT2D eigenvalue weighted by Crippen LogP contribution is 2.43. The molecule has 1 aromatic heterocycles. The Morgan fingerprint density at radius 2 is 1.25 bits per heavy atom. The van der Waals surface area contributed by atoms with Gasteiger partial charge in [-0.05, 0) is 57.1 Å². The van der Waals surface area contributed by atoms with Crippen molar-refractivity contribution in [3.8, 4) is 0 Å². The number of nitrogens with one attached hydrogen (secondary N) is 2. The van der Waals surface area contributed by atoms with Crippen molar-refractivity contribution >= 4 is 22.5 Å². The number of rotatable bonds is 8. The maximum absolute atomic E-state index is 12.5. The summed E-state index contributed by atoms with van der Waals surface area (Å²) in [5.41, 5.74) is 3.17. The summed E-state index contributed by atoms with van der Waals surface area (Å²) >= 11 is 0. The number of hydrogen-bond donors (Lipinski definition) is 3. The first-order valence-electron chi connectivity index (χ1n) is 14.8. The largest absolute Gasteiger partial charge is 0.378 e. The average molecular weight is 581 g/mol. The van der Waals surface area contributed by atoms with Gasteiger partial charge >= 0.3 is 6.03 Å². The van der Waals surface area contributed by atoms with E-state index in [0.717, 1.165) is 33.0 Å². The normalized spacial score (nSPS) is 13.0. The maximum Gasteiger partial charge on any atom is 0.318 e. The lowest BCUT2D eigenvalue weighted by atomic mass is 9.76. The Kier molecular flexibility index (Phi) is 7.77. The molecule has 2 amide bonds. The molecule has 1 unspecified atom stereocenters. The Labute approximate surface area is 258 Å². The van der Waals surface area contributed by atoms with Gasteiger partial charge in [0.2, 0.25) is 0 Å². The Hall–Kier alpha value is -5.20. The zero-order valence-electron chi connectivity index (χ0n) is 25.1. The van der Waals surface area contributed by atoms with E-state index in [1.807, 2.05) is 81.0 Å². The third kappa shape index (κ3) is 4.93. The minimum atomic E-state index is -1.37. The van der Waals surface area contributed by atoms with Crippen molar-refractivity contribution in [2.75, 3.05) is 12.4 Å². The van der Waals surface area contributed by atoms with Crippen LogP contribution in [0.1, 0.15) is 41.8 Å². The van der Waals surface area contributed by atoms with Gasteiger partial charge in [-0.15, -0.1) is 0 Å². The van der Waals surface area contributed by atoms with Gasteiger partial charge in [0, 0.05) is 18.9 Å². The van der Waals surface area contributed by atoms with Crippen molar-refractivity contribution in [2.45, 2.75) is 25.0 Å². The second-order valence-corrected chi connectivity index (χ2v) is 11.4. The van der Waals surface area contributed by atoms with Crippen molar-refractivity contribution in [1.29, 1.82) is 0 Å². The van der Waals surface area contributed by atoms with Crippen molar-refractivity contribution in [2.24, 2.45) is 5.92 Å². The lowest BCUT2D eigenvalue weighted by Crippen LogP contribution is -2.37. The molecule has 0 radical (unpaired) electrons. The Balaban J connectivity index is 1.51. The van der Waals surface area contributed by atoms with Gasteiger partial charge in [-0.1, -0.05) is 123 Å². The molecule has 220 valence electrons. The van der Waals surface area contributed by atoms with Crippen molar-refractivity contribution in [1.82, 2.24) is 14.9 Å². The molecule has 0 bridgehead atoms. The predicted molar refractivity (Wildman–Crippen MR) is 177 cm³/mol. The summed E-state index contributed by atoms with van der Waals surface area (Å²) in [6.45, 7) is 4.02. The summed E-state index contributed by atoms with van der Waals surface area (Å²) in [5, 5.41) is 19.8. The fourth-order valence-corrected chi connectivity index (χ4v) is 6.22. The number of carbonyl (C=O) groups excluding carboxylic acids is 1. The first-order chi connectivity index (χ1) is 21.4. The number of amides is 2. The van der Waals surface area contributed by atoms with Crippen LogP contribution >= 0.6 is 0 Å². The number of benzene rings is 5. The van der Waals surface area contributed by atoms with Crippen LogP contribution in [0.2, 0.25) is 0 Å². The molecule has 3 N–H and O–H groups in total. The molecule has 1 heterocycles.